The molecule has 0 heterocycles. The van der Waals surface area contributed by atoms with Gasteiger partial charge in [0.1, 0.15) is 0 Å². The molecule has 1 heteroatoms. The molecular weight excluding hydrogens is 470 g/mol. The Morgan fingerprint density at radius 2 is 0.615 bits per heavy atom. The maximum atomic E-state index is 3.86. The molecule has 0 saturated carbocycles. The van der Waals surface area contributed by atoms with Crippen LogP contribution in [0.5, 0.6) is 0 Å². The molecule has 0 spiro atoms. The molecule has 0 aliphatic carbocycles. The average molecular weight is 546 g/mol. The Balaban J connectivity index is 3.35. The Morgan fingerprint density at radius 3 is 0.923 bits per heavy atom. The number of unbranched alkanes of at least 4 members (excludes halogenated alkanes) is 22. The van der Waals surface area contributed by atoms with Crippen LogP contribution in [0.3, 0.4) is 0 Å². The summed E-state index contributed by atoms with van der Waals surface area (Å²) in [7, 11) is 0. The lowest BCUT2D eigenvalue weighted by Gasteiger charge is -2.20. The SMILES string of the molecule is CCCCCCCC/C=C\CCCCCCCC(C)NC(C)CCCCCCC/C=C\CCCCCCCC. The van der Waals surface area contributed by atoms with Gasteiger partial charge in [-0.2, -0.15) is 0 Å². The van der Waals surface area contributed by atoms with Crippen LogP contribution in [0.15, 0.2) is 24.3 Å². The van der Waals surface area contributed by atoms with Crippen LogP contribution in [-0.4, -0.2) is 12.1 Å². The molecule has 0 saturated heterocycles. The van der Waals surface area contributed by atoms with Gasteiger partial charge in [0.05, 0.1) is 0 Å². The van der Waals surface area contributed by atoms with Gasteiger partial charge in [-0.15, -0.1) is 0 Å². The van der Waals surface area contributed by atoms with Crippen molar-refractivity contribution in [1.29, 1.82) is 0 Å². The minimum absolute atomic E-state index is 0.674. The maximum absolute atomic E-state index is 3.86. The molecular formula is C38H75N. The minimum atomic E-state index is 0.674. The molecule has 0 fully saturated rings. The van der Waals surface area contributed by atoms with E-state index in [4.69, 9.17) is 0 Å². The van der Waals surface area contributed by atoms with Crippen LogP contribution in [0.4, 0.5) is 0 Å². The smallest absolute Gasteiger partial charge is 0.00412 e. The van der Waals surface area contributed by atoms with E-state index in [0.29, 0.717) is 12.1 Å². The van der Waals surface area contributed by atoms with Crippen LogP contribution in [0, 0.1) is 0 Å². The Hall–Kier alpha value is -0.560. The Morgan fingerprint density at radius 1 is 0.359 bits per heavy atom. The molecule has 39 heavy (non-hydrogen) atoms. The number of hydrogen-bond acceptors (Lipinski definition) is 1. The summed E-state index contributed by atoms with van der Waals surface area (Å²) in [6.07, 6.45) is 48.6. The zero-order valence-corrected chi connectivity index (χ0v) is 27.8. The summed E-state index contributed by atoms with van der Waals surface area (Å²) in [5, 5.41) is 3.86. The molecule has 0 aromatic carbocycles. The normalized spacial score (nSPS) is 13.6. The minimum Gasteiger partial charge on any atom is -0.312 e. The van der Waals surface area contributed by atoms with Gasteiger partial charge in [0.2, 0.25) is 0 Å². The third-order valence-corrected chi connectivity index (χ3v) is 8.37. The second-order valence-electron chi connectivity index (χ2n) is 12.7. The van der Waals surface area contributed by atoms with E-state index in [2.05, 4.69) is 57.3 Å². The van der Waals surface area contributed by atoms with Gasteiger partial charge in [0.15, 0.2) is 0 Å². The average Bonchev–Trinajstić information content (AvgIpc) is 2.93. The van der Waals surface area contributed by atoms with Gasteiger partial charge < -0.3 is 5.32 Å². The van der Waals surface area contributed by atoms with Crippen molar-refractivity contribution in [1.82, 2.24) is 5.32 Å². The summed E-state index contributed by atoms with van der Waals surface area (Å²) in [5.74, 6) is 0. The zero-order valence-electron chi connectivity index (χ0n) is 27.8. The van der Waals surface area contributed by atoms with Crippen LogP contribution in [-0.2, 0) is 0 Å². The molecule has 0 aromatic rings. The molecule has 0 aliphatic heterocycles. The lowest BCUT2D eigenvalue weighted by molar-refractivity contribution is 0.403. The number of hydrogen-bond donors (Lipinski definition) is 1. The molecule has 2 unspecified atom stereocenters. The number of nitrogens with one attached hydrogen (secondary N) is 1. The molecule has 0 aromatic heterocycles. The first-order chi connectivity index (χ1) is 19.2. The van der Waals surface area contributed by atoms with E-state index in [1.165, 1.54) is 180 Å². The Bertz CT molecular complexity index is 449. The quantitative estimate of drug-likeness (QED) is 0.0654. The zero-order chi connectivity index (χ0) is 28.5. The van der Waals surface area contributed by atoms with Gasteiger partial charge in [-0.05, 0) is 78.1 Å². The van der Waals surface area contributed by atoms with Gasteiger partial charge in [-0.25, -0.2) is 0 Å². The first kappa shape index (κ1) is 38.4. The summed E-state index contributed by atoms with van der Waals surface area (Å²) in [5.41, 5.74) is 0. The van der Waals surface area contributed by atoms with Crippen LogP contribution >= 0.6 is 0 Å². The van der Waals surface area contributed by atoms with E-state index in [-0.39, 0.29) is 0 Å². The van der Waals surface area contributed by atoms with E-state index in [9.17, 15) is 0 Å². The van der Waals surface area contributed by atoms with Gasteiger partial charge in [-0.3, -0.25) is 0 Å². The van der Waals surface area contributed by atoms with Crippen molar-refractivity contribution in [2.45, 2.75) is 220 Å². The van der Waals surface area contributed by atoms with E-state index in [0.717, 1.165) is 0 Å². The van der Waals surface area contributed by atoms with Gasteiger partial charge in [0, 0.05) is 12.1 Å². The summed E-state index contributed by atoms with van der Waals surface area (Å²) < 4.78 is 0. The van der Waals surface area contributed by atoms with Crippen molar-refractivity contribution in [2.24, 2.45) is 0 Å². The third kappa shape index (κ3) is 33.5. The number of allylic oxidation sites excluding steroid dienone is 4. The first-order valence-corrected chi connectivity index (χ1v) is 18.3. The van der Waals surface area contributed by atoms with E-state index < -0.39 is 0 Å². The van der Waals surface area contributed by atoms with Crippen LogP contribution in [0.25, 0.3) is 0 Å². The predicted octanol–water partition coefficient (Wildman–Crippen LogP) is 13.4. The summed E-state index contributed by atoms with van der Waals surface area (Å²) in [6.45, 7) is 9.38. The lowest BCUT2D eigenvalue weighted by Crippen LogP contribution is -2.34. The van der Waals surface area contributed by atoms with Crippen molar-refractivity contribution in [2.75, 3.05) is 0 Å². The summed E-state index contributed by atoms with van der Waals surface area (Å²) in [6, 6.07) is 1.35. The van der Waals surface area contributed by atoms with Crippen LogP contribution in [0.2, 0.25) is 0 Å². The van der Waals surface area contributed by atoms with Crippen molar-refractivity contribution < 1.29 is 0 Å². The maximum Gasteiger partial charge on any atom is 0.00412 e. The van der Waals surface area contributed by atoms with E-state index >= 15 is 0 Å². The second kappa shape index (κ2) is 33.6. The molecule has 0 bridgehead atoms. The van der Waals surface area contributed by atoms with Crippen molar-refractivity contribution in [3.05, 3.63) is 24.3 Å². The van der Waals surface area contributed by atoms with Crippen LogP contribution in [0.1, 0.15) is 207 Å². The van der Waals surface area contributed by atoms with Crippen molar-refractivity contribution >= 4 is 0 Å². The molecule has 1 nitrogen and oxygen atoms in total. The highest BCUT2D eigenvalue weighted by molar-refractivity contribution is 4.82. The first-order valence-electron chi connectivity index (χ1n) is 18.3. The summed E-state index contributed by atoms with van der Waals surface area (Å²) in [4.78, 5) is 0. The molecule has 0 aliphatic rings. The van der Waals surface area contributed by atoms with Crippen LogP contribution < -0.4 is 5.32 Å². The molecule has 1 N–H and O–H groups in total. The Kier molecular flexibility index (Phi) is 33.2. The largest absolute Gasteiger partial charge is 0.312 e. The second-order valence-corrected chi connectivity index (χ2v) is 12.7. The fourth-order valence-electron chi connectivity index (χ4n) is 5.69. The van der Waals surface area contributed by atoms with E-state index in [1.807, 2.05) is 0 Å². The van der Waals surface area contributed by atoms with E-state index in [1.54, 1.807) is 0 Å². The third-order valence-electron chi connectivity index (χ3n) is 8.37. The molecule has 232 valence electrons. The molecule has 0 radical (unpaired) electrons. The standard InChI is InChI=1S/C38H75N/c1-5-7-9-11-13-15-17-19-21-23-25-27-29-31-33-35-37(3)39-38(4)36-34-32-30-28-26-24-22-20-18-16-14-12-10-8-6-2/h19-22,37-39H,5-18,23-36H2,1-4H3/b21-19-,22-20-. The molecule has 0 amide bonds. The fourth-order valence-corrected chi connectivity index (χ4v) is 5.69. The van der Waals surface area contributed by atoms with Crippen molar-refractivity contribution in [3.8, 4) is 0 Å². The monoisotopic (exact) mass is 546 g/mol. The topological polar surface area (TPSA) is 12.0 Å². The van der Waals surface area contributed by atoms with Gasteiger partial charge in [-0.1, -0.05) is 154 Å². The molecule has 2 atom stereocenters. The van der Waals surface area contributed by atoms with Gasteiger partial charge in [0.25, 0.3) is 0 Å². The predicted molar refractivity (Wildman–Crippen MR) is 181 cm³/mol. The number of rotatable bonds is 32. The summed E-state index contributed by atoms with van der Waals surface area (Å²) >= 11 is 0. The lowest BCUT2D eigenvalue weighted by atomic mass is 10.0. The highest BCUT2D eigenvalue weighted by Crippen LogP contribution is 2.13. The highest BCUT2D eigenvalue weighted by Gasteiger charge is 2.07. The highest BCUT2D eigenvalue weighted by atomic mass is 14.9. The fraction of sp³-hybridized carbons (Fsp3) is 0.895. The molecule has 0 rings (SSSR count). The van der Waals surface area contributed by atoms with Gasteiger partial charge >= 0.3 is 0 Å². The Labute approximate surface area is 248 Å². The van der Waals surface area contributed by atoms with Crippen molar-refractivity contribution in [3.63, 3.8) is 0 Å².